The molecule has 0 aliphatic carbocycles. The molecule has 0 unspecified atom stereocenters. The number of ether oxygens (including phenoxy) is 3. The summed E-state index contributed by atoms with van der Waals surface area (Å²) >= 11 is 2.29. The van der Waals surface area contributed by atoms with Crippen molar-refractivity contribution in [3.63, 3.8) is 0 Å². The first-order chi connectivity index (χ1) is 8.81. The molecule has 92 valence electrons. The summed E-state index contributed by atoms with van der Waals surface area (Å²) in [5.41, 5.74) is 1.15. The van der Waals surface area contributed by atoms with Crippen molar-refractivity contribution in [2.45, 2.75) is 6.61 Å². The van der Waals surface area contributed by atoms with Gasteiger partial charge in [0.1, 0.15) is 12.4 Å². The van der Waals surface area contributed by atoms with Gasteiger partial charge in [0.05, 0.1) is 0 Å². The van der Waals surface area contributed by atoms with Gasteiger partial charge < -0.3 is 14.2 Å². The van der Waals surface area contributed by atoms with Crippen molar-refractivity contribution >= 4 is 22.6 Å². The molecule has 0 saturated carbocycles. The Balaban J connectivity index is 1.68. The Labute approximate surface area is 119 Å². The van der Waals surface area contributed by atoms with E-state index in [-0.39, 0.29) is 6.79 Å². The molecule has 0 saturated heterocycles. The van der Waals surface area contributed by atoms with Crippen LogP contribution in [-0.4, -0.2) is 6.79 Å². The average molecular weight is 354 g/mol. The van der Waals surface area contributed by atoms with Gasteiger partial charge in [0, 0.05) is 9.64 Å². The number of hydrogen-bond donors (Lipinski definition) is 0. The average Bonchev–Trinajstić information content (AvgIpc) is 2.85. The van der Waals surface area contributed by atoms with Gasteiger partial charge in [-0.25, -0.2) is 0 Å². The fraction of sp³-hybridized carbons (Fsp3) is 0.143. The molecule has 0 fully saturated rings. The first-order valence-electron chi connectivity index (χ1n) is 5.58. The van der Waals surface area contributed by atoms with Crippen LogP contribution in [0.3, 0.4) is 0 Å². The van der Waals surface area contributed by atoms with Gasteiger partial charge in [0.15, 0.2) is 11.5 Å². The summed E-state index contributed by atoms with van der Waals surface area (Å²) in [6.45, 7) is 0.840. The first kappa shape index (κ1) is 11.6. The second-order valence-corrected chi connectivity index (χ2v) is 5.18. The summed E-state index contributed by atoms with van der Waals surface area (Å²) in [5.74, 6) is 2.31. The summed E-state index contributed by atoms with van der Waals surface area (Å²) < 4.78 is 17.5. The van der Waals surface area contributed by atoms with Crippen LogP contribution in [0.15, 0.2) is 42.5 Å². The van der Waals surface area contributed by atoms with Crippen molar-refractivity contribution in [2.75, 3.05) is 6.79 Å². The van der Waals surface area contributed by atoms with Crippen LogP contribution >= 0.6 is 22.6 Å². The number of hydrogen-bond acceptors (Lipinski definition) is 3. The summed E-state index contributed by atoms with van der Waals surface area (Å²) in [6, 6.07) is 13.9. The molecular formula is C14H11IO3. The van der Waals surface area contributed by atoms with E-state index in [0.717, 1.165) is 22.8 Å². The molecule has 0 spiro atoms. The third-order valence-electron chi connectivity index (χ3n) is 2.66. The molecule has 0 bridgehead atoms. The minimum atomic E-state index is 0.288. The van der Waals surface area contributed by atoms with Crippen molar-refractivity contribution in [3.8, 4) is 17.2 Å². The molecule has 4 heteroatoms. The van der Waals surface area contributed by atoms with E-state index < -0.39 is 0 Å². The normalized spacial score (nSPS) is 12.5. The molecule has 1 aliphatic rings. The Bertz CT molecular complexity index is 551. The van der Waals surface area contributed by atoms with Crippen LogP contribution in [0.25, 0.3) is 0 Å². The minimum Gasteiger partial charge on any atom is -0.489 e. The van der Waals surface area contributed by atoms with E-state index in [9.17, 15) is 0 Å². The number of benzene rings is 2. The summed E-state index contributed by atoms with van der Waals surface area (Å²) in [4.78, 5) is 0. The minimum absolute atomic E-state index is 0.288. The highest BCUT2D eigenvalue weighted by Crippen LogP contribution is 2.35. The summed E-state index contributed by atoms with van der Waals surface area (Å²) in [7, 11) is 0. The van der Waals surface area contributed by atoms with Crippen LogP contribution in [0.4, 0.5) is 0 Å². The molecule has 1 aliphatic heterocycles. The van der Waals surface area contributed by atoms with Crippen LogP contribution in [0.1, 0.15) is 5.56 Å². The van der Waals surface area contributed by atoms with Gasteiger partial charge in [-0.3, -0.25) is 0 Å². The van der Waals surface area contributed by atoms with E-state index in [0.29, 0.717) is 6.61 Å². The highest BCUT2D eigenvalue weighted by molar-refractivity contribution is 14.1. The van der Waals surface area contributed by atoms with Crippen LogP contribution < -0.4 is 14.2 Å². The van der Waals surface area contributed by atoms with Crippen molar-refractivity contribution in [3.05, 3.63) is 51.6 Å². The van der Waals surface area contributed by atoms with Gasteiger partial charge in [-0.05, 0) is 52.4 Å². The highest BCUT2D eigenvalue weighted by Gasteiger charge is 2.13. The Morgan fingerprint density at radius 1 is 1.00 bits per heavy atom. The Kier molecular flexibility index (Phi) is 3.27. The summed E-state index contributed by atoms with van der Waals surface area (Å²) in [5, 5.41) is 0. The van der Waals surface area contributed by atoms with Crippen molar-refractivity contribution < 1.29 is 14.2 Å². The van der Waals surface area contributed by atoms with Gasteiger partial charge in [0.25, 0.3) is 0 Å². The second kappa shape index (κ2) is 5.06. The zero-order valence-electron chi connectivity index (χ0n) is 9.56. The molecule has 0 atom stereocenters. The third kappa shape index (κ3) is 2.53. The zero-order valence-corrected chi connectivity index (χ0v) is 11.7. The van der Waals surface area contributed by atoms with Crippen LogP contribution in [0.2, 0.25) is 0 Å². The number of rotatable bonds is 3. The van der Waals surface area contributed by atoms with Crippen LogP contribution in [0, 0.1) is 3.57 Å². The highest BCUT2D eigenvalue weighted by atomic mass is 127. The standard InChI is InChI=1S/C14H11IO3/c15-11-3-1-10(2-4-11)8-16-12-5-6-13-14(7-12)18-9-17-13/h1-7H,8-9H2. The SMILES string of the molecule is Ic1ccc(COc2ccc3c(c2)OCO3)cc1. The van der Waals surface area contributed by atoms with E-state index in [1.165, 1.54) is 3.57 Å². The van der Waals surface area contributed by atoms with Crippen LogP contribution in [0.5, 0.6) is 17.2 Å². The molecule has 2 aromatic rings. The van der Waals surface area contributed by atoms with Crippen molar-refractivity contribution in [1.82, 2.24) is 0 Å². The molecule has 0 amide bonds. The largest absolute Gasteiger partial charge is 0.489 e. The Morgan fingerprint density at radius 2 is 1.78 bits per heavy atom. The van der Waals surface area contributed by atoms with Gasteiger partial charge in [-0.2, -0.15) is 0 Å². The van der Waals surface area contributed by atoms with Gasteiger partial charge in [0.2, 0.25) is 6.79 Å². The molecule has 2 aromatic carbocycles. The molecule has 3 nitrogen and oxygen atoms in total. The second-order valence-electron chi connectivity index (χ2n) is 3.93. The maximum absolute atomic E-state index is 5.72. The Hall–Kier alpha value is -1.43. The van der Waals surface area contributed by atoms with Gasteiger partial charge >= 0.3 is 0 Å². The van der Waals surface area contributed by atoms with E-state index in [2.05, 4.69) is 46.9 Å². The van der Waals surface area contributed by atoms with E-state index in [1.807, 2.05) is 18.2 Å². The molecule has 0 aromatic heterocycles. The Morgan fingerprint density at radius 3 is 2.61 bits per heavy atom. The lowest BCUT2D eigenvalue weighted by atomic mass is 10.2. The summed E-state index contributed by atoms with van der Waals surface area (Å²) in [6.07, 6.45) is 0. The quantitative estimate of drug-likeness (QED) is 0.789. The predicted octanol–water partition coefficient (Wildman–Crippen LogP) is 3.60. The lowest BCUT2D eigenvalue weighted by molar-refractivity contribution is 0.173. The molecule has 0 N–H and O–H groups in total. The fourth-order valence-corrected chi connectivity index (χ4v) is 2.07. The monoisotopic (exact) mass is 354 g/mol. The number of halogens is 1. The topological polar surface area (TPSA) is 27.7 Å². The molecule has 0 radical (unpaired) electrons. The first-order valence-corrected chi connectivity index (χ1v) is 6.66. The fourth-order valence-electron chi connectivity index (χ4n) is 1.71. The molecular weight excluding hydrogens is 343 g/mol. The van der Waals surface area contributed by atoms with Crippen molar-refractivity contribution in [2.24, 2.45) is 0 Å². The van der Waals surface area contributed by atoms with E-state index in [4.69, 9.17) is 14.2 Å². The predicted molar refractivity (Wildman–Crippen MR) is 76.1 cm³/mol. The smallest absolute Gasteiger partial charge is 0.231 e. The van der Waals surface area contributed by atoms with Gasteiger partial charge in [-0.15, -0.1) is 0 Å². The maximum Gasteiger partial charge on any atom is 0.231 e. The van der Waals surface area contributed by atoms with Crippen molar-refractivity contribution in [1.29, 1.82) is 0 Å². The number of fused-ring (bicyclic) bond motifs is 1. The third-order valence-corrected chi connectivity index (χ3v) is 3.38. The van der Waals surface area contributed by atoms with Gasteiger partial charge in [-0.1, -0.05) is 12.1 Å². The lowest BCUT2D eigenvalue weighted by Crippen LogP contribution is -1.95. The molecule has 1 heterocycles. The van der Waals surface area contributed by atoms with Crippen LogP contribution in [-0.2, 0) is 6.61 Å². The van der Waals surface area contributed by atoms with E-state index >= 15 is 0 Å². The molecule has 3 rings (SSSR count). The van der Waals surface area contributed by atoms with E-state index in [1.54, 1.807) is 0 Å². The molecule has 18 heavy (non-hydrogen) atoms. The maximum atomic E-state index is 5.72. The zero-order chi connectivity index (χ0) is 12.4. The lowest BCUT2D eigenvalue weighted by Gasteiger charge is -2.07.